The summed E-state index contributed by atoms with van der Waals surface area (Å²) in [5.41, 5.74) is 6.34. The number of carbonyl (C=O) groups excluding carboxylic acids is 1. The van der Waals surface area contributed by atoms with Crippen LogP contribution in [0.3, 0.4) is 0 Å². The lowest BCUT2D eigenvalue weighted by Gasteiger charge is -2.40. The molecule has 1 heterocycles. The van der Waals surface area contributed by atoms with Crippen molar-refractivity contribution in [3.05, 3.63) is 29.3 Å². The molecule has 0 bridgehead atoms. The number of aryl methyl sites for hydroxylation is 1. The molecule has 1 aromatic rings. The summed E-state index contributed by atoms with van der Waals surface area (Å²) in [7, 11) is 2.02. The summed E-state index contributed by atoms with van der Waals surface area (Å²) in [4.78, 5) is 14.9. The van der Waals surface area contributed by atoms with Gasteiger partial charge in [-0.15, -0.1) is 0 Å². The molecule has 0 spiro atoms. The van der Waals surface area contributed by atoms with Crippen molar-refractivity contribution in [2.24, 2.45) is 5.73 Å². The lowest BCUT2D eigenvalue weighted by molar-refractivity contribution is 0.0887. The first-order valence-electron chi connectivity index (χ1n) is 6.95. The van der Waals surface area contributed by atoms with Gasteiger partial charge in [0.25, 0.3) is 5.91 Å². The van der Waals surface area contributed by atoms with Crippen molar-refractivity contribution in [3.63, 3.8) is 0 Å². The fourth-order valence-corrected chi connectivity index (χ4v) is 2.81. The second kappa shape index (κ2) is 5.99. The molecule has 1 fully saturated rings. The van der Waals surface area contributed by atoms with Crippen LogP contribution in [0.2, 0.25) is 0 Å². The first-order valence-corrected chi connectivity index (χ1v) is 7.35. The van der Waals surface area contributed by atoms with Gasteiger partial charge in [0, 0.05) is 13.1 Å². The molecular formula is C15H21N3O2S. The summed E-state index contributed by atoms with van der Waals surface area (Å²) >= 11 is 5.17. The number of hydrogen-bond donors (Lipinski definition) is 3. The highest BCUT2D eigenvalue weighted by molar-refractivity contribution is 7.80. The Kier molecular flexibility index (Phi) is 4.49. The van der Waals surface area contributed by atoms with E-state index in [-0.39, 0.29) is 17.2 Å². The van der Waals surface area contributed by atoms with Gasteiger partial charge in [0.2, 0.25) is 0 Å². The number of phenols is 1. The van der Waals surface area contributed by atoms with Gasteiger partial charge in [-0.25, -0.2) is 0 Å². The van der Waals surface area contributed by atoms with Crippen LogP contribution in [0.4, 0.5) is 0 Å². The maximum Gasteiger partial charge on any atom is 0.255 e. The molecule has 5 nitrogen and oxygen atoms in total. The molecule has 6 heteroatoms. The number of phenolic OH excluding ortho intramolecular Hbond substituents is 1. The number of carbonyl (C=O) groups is 1. The third-order valence-corrected chi connectivity index (χ3v) is 4.45. The van der Waals surface area contributed by atoms with Gasteiger partial charge in [0.05, 0.1) is 16.1 Å². The molecular weight excluding hydrogens is 286 g/mol. The summed E-state index contributed by atoms with van der Waals surface area (Å²) in [6, 6.07) is 4.97. The van der Waals surface area contributed by atoms with Crippen molar-refractivity contribution in [1.82, 2.24) is 10.2 Å². The molecule has 1 aromatic carbocycles. The van der Waals surface area contributed by atoms with Crippen molar-refractivity contribution >= 4 is 23.1 Å². The Morgan fingerprint density at radius 1 is 1.43 bits per heavy atom. The Morgan fingerprint density at radius 3 is 2.57 bits per heavy atom. The molecule has 2 rings (SSSR count). The van der Waals surface area contributed by atoms with Crippen LogP contribution in [0.15, 0.2) is 18.2 Å². The third kappa shape index (κ3) is 3.33. The molecule has 1 amide bonds. The van der Waals surface area contributed by atoms with E-state index < -0.39 is 5.54 Å². The Labute approximate surface area is 130 Å². The molecule has 0 unspecified atom stereocenters. The van der Waals surface area contributed by atoms with E-state index in [1.807, 2.05) is 14.0 Å². The molecule has 0 aromatic heterocycles. The van der Waals surface area contributed by atoms with Gasteiger partial charge in [-0.05, 0) is 44.5 Å². The number of benzene rings is 1. The lowest BCUT2D eigenvalue weighted by atomic mass is 9.87. The second-order valence-electron chi connectivity index (χ2n) is 5.72. The number of aromatic hydroxyl groups is 1. The van der Waals surface area contributed by atoms with Gasteiger partial charge in [-0.2, -0.15) is 0 Å². The Morgan fingerprint density at radius 2 is 2.05 bits per heavy atom. The summed E-state index contributed by atoms with van der Waals surface area (Å²) in [5.74, 6) is -0.372. The van der Waals surface area contributed by atoms with E-state index in [4.69, 9.17) is 18.0 Å². The van der Waals surface area contributed by atoms with Crippen molar-refractivity contribution in [2.45, 2.75) is 25.3 Å². The molecule has 1 aliphatic heterocycles. The summed E-state index contributed by atoms with van der Waals surface area (Å²) in [5, 5.41) is 12.9. The Balaban J connectivity index is 2.21. The normalized spacial score (nSPS) is 18.2. The van der Waals surface area contributed by atoms with Gasteiger partial charge < -0.3 is 21.1 Å². The summed E-state index contributed by atoms with van der Waals surface area (Å²) in [6.45, 7) is 3.49. The lowest BCUT2D eigenvalue weighted by Crippen LogP contribution is -2.61. The number of nitrogens with zero attached hydrogens (tertiary/aromatic N) is 1. The van der Waals surface area contributed by atoms with E-state index in [9.17, 15) is 9.90 Å². The van der Waals surface area contributed by atoms with Crippen molar-refractivity contribution in [3.8, 4) is 5.75 Å². The number of thiocarbonyl (C=S) groups is 1. The predicted molar refractivity (Wildman–Crippen MR) is 86.6 cm³/mol. The highest BCUT2D eigenvalue weighted by atomic mass is 32.1. The number of hydrogen-bond acceptors (Lipinski definition) is 4. The zero-order valence-corrected chi connectivity index (χ0v) is 13.2. The average Bonchev–Trinajstić information content (AvgIpc) is 2.41. The van der Waals surface area contributed by atoms with Crippen LogP contribution >= 0.6 is 12.2 Å². The number of nitrogens with one attached hydrogen (secondary N) is 1. The number of rotatable bonds is 3. The second-order valence-corrected chi connectivity index (χ2v) is 6.16. The molecule has 0 saturated carbocycles. The highest BCUT2D eigenvalue weighted by Crippen LogP contribution is 2.25. The molecule has 1 saturated heterocycles. The van der Waals surface area contributed by atoms with Crippen LogP contribution in [0.5, 0.6) is 5.75 Å². The SMILES string of the molecule is Cc1ccc(C(=O)NC2(C(N)=S)CCN(C)CC2)c(O)c1. The number of nitrogens with two attached hydrogens (primary N) is 1. The summed E-state index contributed by atoms with van der Waals surface area (Å²) < 4.78 is 0. The highest BCUT2D eigenvalue weighted by Gasteiger charge is 2.38. The van der Waals surface area contributed by atoms with Crippen LogP contribution in [-0.4, -0.2) is 46.6 Å². The average molecular weight is 307 g/mol. The van der Waals surface area contributed by atoms with Gasteiger partial charge in [-0.1, -0.05) is 18.3 Å². The minimum atomic E-state index is -0.670. The summed E-state index contributed by atoms with van der Waals surface area (Å²) in [6.07, 6.45) is 1.36. The van der Waals surface area contributed by atoms with E-state index in [0.29, 0.717) is 17.8 Å². The fourth-order valence-electron chi connectivity index (χ4n) is 2.55. The van der Waals surface area contributed by atoms with Gasteiger partial charge in [0.15, 0.2) is 0 Å². The van der Waals surface area contributed by atoms with E-state index in [0.717, 1.165) is 18.7 Å². The van der Waals surface area contributed by atoms with Crippen LogP contribution < -0.4 is 11.1 Å². The topological polar surface area (TPSA) is 78.6 Å². The van der Waals surface area contributed by atoms with E-state index in [1.165, 1.54) is 0 Å². The quantitative estimate of drug-likeness (QED) is 0.731. The maximum atomic E-state index is 12.4. The van der Waals surface area contributed by atoms with E-state index in [1.54, 1.807) is 18.2 Å². The largest absolute Gasteiger partial charge is 0.507 e. The molecule has 114 valence electrons. The zero-order valence-electron chi connectivity index (χ0n) is 12.3. The monoisotopic (exact) mass is 307 g/mol. The Bertz CT molecular complexity index is 566. The number of amides is 1. The van der Waals surface area contributed by atoms with Gasteiger partial charge in [-0.3, -0.25) is 4.79 Å². The maximum absolute atomic E-state index is 12.4. The third-order valence-electron chi connectivity index (χ3n) is 4.06. The number of piperidine rings is 1. The minimum absolute atomic E-state index is 0.0292. The first kappa shape index (κ1) is 15.7. The van der Waals surface area contributed by atoms with Gasteiger partial charge in [0.1, 0.15) is 5.75 Å². The van der Waals surface area contributed by atoms with Crippen molar-refractivity contribution < 1.29 is 9.90 Å². The van der Waals surface area contributed by atoms with Crippen LogP contribution in [-0.2, 0) is 0 Å². The van der Waals surface area contributed by atoms with Crippen LogP contribution in [0.25, 0.3) is 0 Å². The molecule has 4 N–H and O–H groups in total. The van der Waals surface area contributed by atoms with E-state index in [2.05, 4.69) is 10.2 Å². The number of likely N-dealkylation sites (tertiary alicyclic amines) is 1. The minimum Gasteiger partial charge on any atom is -0.507 e. The van der Waals surface area contributed by atoms with Gasteiger partial charge >= 0.3 is 0 Å². The molecule has 1 aliphatic rings. The fraction of sp³-hybridized carbons (Fsp3) is 0.467. The smallest absolute Gasteiger partial charge is 0.255 e. The molecule has 0 radical (unpaired) electrons. The zero-order chi connectivity index (χ0) is 15.6. The first-order chi connectivity index (χ1) is 9.84. The molecule has 21 heavy (non-hydrogen) atoms. The molecule has 0 atom stereocenters. The standard InChI is InChI=1S/C15H21N3O2S/c1-10-3-4-11(12(19)9-10)13(20)17-15(14(16)21)5-7-18(2)8-6-15/h3-4,9,19H,5-8H2,1-2H3,(H2,16,21)(H,17,20). The van der Waals surface area contributed by atoms with E-state index >= 15 is 0 Å². The Hall–Kier alpha value is -1.66. The van der Waals surface area contributed by atoms with Crippen molar-refractivity contribution in [2.75, 3.05) is 20.1 Å². The van der Waals surface area contributed by atoms with Crippen LogP contribution in [0, 0.1) is 6.92 Å². The molecule has 0 aliphatic carbocycles. The van der Waals surface area contributed by atoms with Crippen LogP contribution in [0.1, 0.15) is 28.8 Å². The predicted octanol–water partition coefficient (Wildman–Crippen LogP) is 1.18. The van der Waals surface area contributed by atoms with Crippen molar-refractivity contribution in [1.29, 1.82) is 0 Å².